The number of nitrogens with zero attached hydrogens (tertiary/aromatic N) is 2. The monoisotopic (exact) mass is 271 g/mol. The van der Waals surface area contributed by atoms with Gasteiger partial charge in [-0.3, -0.25) is 9.13 Å². The number of hydrogen-bond acceptors (Lipinski definition) is 2. The smallest absolute Gasteiger partial charge is 0.310 e. The first kappa shape index (κ1) is 13.2. The highest BCUT2D eigenvalue weighted by molar-refractivity contribution is 5.37. The van der Waals surface area contributed by atoms with Crippen LogP contribution in [-0.2, 0) is 0 Å². The maximum atomic E-state index is 12.4. The van der Waals surface area contributed by atoms with Crippen molar-refractivity contribution in [3.8, 4) is 5.69 Å². The fourth-order valence-electron chi connectivity index (χ4n) is 2.84. The maximum absolute atomic E-state index is 12.4. The summed E-state index contributed by atoms with van der Waals surface area (Å²) < 4.78 is 3.47. The van der Waals surface area contributed by atoms with Crippen LogP contribution in [0.1, 0.15) is 44.3 Å². The van der Waals surface area contributed by atoms with Gasteiger partial charge < -0.3 is 5.32 Å². The van der Waals surface area contributed by atoms with E-state index >= 15 is 0 Å². The van der Waals surface area contributed by atoms with Crippen LogP contribution in [0, 0.1) is 0 Å². The molecule has 1 aromatic heterocycles. The molecule has 2 heterocycles. The van der Waals surface area contributed by atoms with Crippen LogP contribution in [0.25, 0.3) is 5.69 Å². The number of imidazole rings is 1. The van der Waals surface area contributed by atoms with Crippen LogP contribution in [0.3, 0.4) is 0 Å². The van der Waals surface area contributed by atoms with Gasteiger partial charge in [-0.05, 0) is 50.9 Å². The summed E-state index contributed by atoms with van der Waals surface area (Å²) in [4.78, 5) is 12.4. The summed E-state index contributed by atoms with van der Waals surface area (Å²) in [5.74, 6) is 0. The van der Waals surface area contributed by atoms with Crippen molar-refractivity contribution in [2.24, 2.45) is 0 Å². The van der Waals surface area contributed by atoms with Gasteiger partial charge in [0.05, 0.1) is 5.69 Å². The fourth-order valence-corrected chi connectivity index (χ4v) is 2.84. The Hall–Kier alpha value is -1.81. The standard InChI is InChI=1S/C16H21N3O/c1-12(2)18-9-10-19(16(18)20)14-6-3-5-13(11-14)15-7-4-8-17-15/h3,5-6,9-12,15,17H,4,7-8H2,1-2H3. The Balaban J connectivity index is 1.98. The van der Waals surface area contributed by atoms with E-state index in [4.69, 9.17) is 0 Å². The summed E-state index contributed by atoms with van der Waals surface area (Å²) in [6, 6.07) is 8.89. The molecule has 1 N–H and O–H groups in total. The summed E-state index contributed by atoms with van der Waals surface area (Å²) in [6.07, 6.45) is 6.10. The highest BCUT2D eigenvalue weighted by atomic mass is 16.1. The number of benzene rings is 1. The SMILES string of the molecule is CC(C)n1ccn(-c2cccc(C3CCCN3)c2)c1=O. The first-order valence-corrected chi connectivity index (χ1v) is 7.30. The Morgan fingerprint density at radius 1 is 1.30 bits per heavy atom. The Kier molecular flexibility index (Phi) is 3.49. The fraction of sp³-hybridized carbons (Fsp3) is 0.438. The first-order chi connectivity index (χ1) is 9.66. The zero-order valence-corrected chi connectivity index (χ0v) is 12.0. The molecule has 0 bridgehead atoms. The molecular weight excluding hydrogens is 250 g/mol. The highest BCUT2D eigenvalue weighted by Gasteiger charge is 2.17. The normalized spacial score (nSPS) is 18.9. The molecule has 0 spiro atoms. The molecule has 1 unspecified atom stereocenters. The average Bonchev–Trinajstić information content (AvgIpc) is 3.08. The van der Waals surface area contributed by atoms with Crippen LogP contribution in [-0.4, -0.2) is 15.7 Å². The summed E-state index contributed by atoms with van der Waals surface area (Å²) in [6.45, 7) is 5.12. The first-order valence-electron chi connectivity index (χ1n) is 7.30. The van der Waals surface area contributed by atoms with Crippen molar-refractivity contribution < 1.29 is 0 Å². The molecule has 1 aliphatic heterocycles. The predicted octanol–water partition coefficient (Wildman–Crippen LogP) is 2.64. The quantitative estimate of drug-likeness (QED) is 0.932. The van der Waals surface area contributed by atoms with Gasteiger partial charge in [-0.15, -0.1) is 0 Å². The predicted molar refractivity (Wildman–Crippen MR) is 80.4 cm³/mol. The lowest BCUT2D eigenvalue weighted by Gasteiger charge is -2.12. The topological polar surface area (TPSA) is 39.0 Å². The van der Waals surface area contributed by atoms with E-state index in [-0.39, 0.29) is 11.7 Å². The molecule has 106 valence electrons. The van der Waals surface area contributed by atoms with Gasteiger partial charge in [-0.1, -0.05) is 12.1 Å². The second-order valence-electron chi connectivity index (χ2n) is 5.70. The van der Waals surface area contributed by atoms with Gasteiger partial charge in [-0.25, -0.2) is 4.79 Å². The van der Waals surface area contributed by atoms with E-state index in [0.29, 0.717) is 6.04 Å². The van der Waals surface area contributed by atoms with Gasteiger partial charge in [-0.2, -0.15) is 0 Å². The van der Waals surface area contributed by atoms with Gasteiger partial charge >= 0.3 is 5.69 Å². The van der Waals surface area contributed by atoms with E-state index in [9.17, 15) is 4.79 Å². The Bertz CT molecular complexity index is 648. The third-order valence-corrected chi connectivity index (χ3v) is 3.97. The van der Waals surface area contributed by atoms with E-state index < -0.39 is 0 Å². The van der Waals surface area contributed by atoms with E-state index in [1.54, 1.807) is 9.13 Å². The van der Waals surface area contributed by atoms with Crippen LogP contribution in [0.5, 0.6) is 0 Å². The molecule has 1 atom stereocenters. The molecule has 0 radical (unpaired) electrons. The van der Waals surface area contributed by atoms with Crippen molar-refractivity contribution in [2.45, 2.75) is 38.8 Å². The van der Waals surface area contributed by atoms with Crippen LogP contribution in [0.15, 0.2) is 41.5 Å². The molecule has 0 saturated carbocycles. The van der Waals surface area contributed by atoms with E-state index in [1.807, 2.05) is 38.4 Å². The maximum Gasteiger partial charge on any atom is 0.332 e. The second kappa shape index (κ2) is 5.29. The minimum Gasteiger partial charge on any atom is -0.310 e. The lowest BCUT2D eigenvalue weighted by Crippen LogP contribution is -2.24. The zero-order valence-electron chi connectivity index (χ0n) is 12.0. The zero-order chi connectivity index (χ0) is 14.1. The average molecular weight is 271 g/mol. The van der Waals surface area contributed by atoms with Gasteiger partial charge in [0.25, 0.3) is 0 Å². The summed E-state index contributed by atoms with van der Waals surface area (Å²) in [5, 5.41) is 3.50. The van der Waals surface area contributed by atoms with E-state index in [1.165, 1.54) is 18.4 Å². The highest BCUT2D eigenvalue weighted by Crippen LogP contribution is 2.24. The number of nitrogens with one attached hydrogen (secondary N) is 1. The van der Waals surface area contributed by atoms with E-state index in [2.05, 4.69) is 17.4 Å². The van der Waals surface area contributed by atoms with Crippen LogP contribution < -0.4 is 11.0 Å². The molecule has 4 heteroatoms. The van der Waals surface area contributed by atoms with Crippen LogP contribution in [0.2, 0.25) is 0 Å². The van der Waals surface area contributed by atoms with Gasteiger partial charge in [0.1, 0.15) is 0 Å². The van der Waals surface area contributed by atoms with Crippen molar-refractivity contribution in [2.75, 3.05) is 6.54 Å². The van der Waals surface area contributed by atoms with Crippen molar-refractivity contribution in [1.29, 1.82) is 0 Å². The molecule has 2 aromatic rings. The molecule has 1 fully saturated rings. The molecule has 1 aliphatic rings. The van der Waals surface area contributed by atoms with Gasteiger partial charge in [0.2, 0.25) is 0 Å². The van der Waals surface area contributed by atoms with Crippen LogP contribution >= 0.6 is 0 Å². The molecule has 4 nitrogen and oxygen atoms in total. The molecule has 1 aromatic carbocycles. The Morgan fingerprint density at radius 3 is 2.80 bits per heavy atom. The minimum atomic E-state index is 0.0246. The van der Waals surface area contributed by atoms with Crippen molar-refractivity contribution in [3.63, 3.8) is 0 Å². The Morgan fingerprint density at radius 2 is 2.15 bits per heavy atom. The molecule has 3 rings (SSSR count). The molecule has 0 amide bonds. The molecular formula is C16H21N3O. The summed E-state index contributed by atoms with van der Waals surface area (Å²) in [7, 11) is 0. The minimum absolute atomic E-state index is 0.0246. The van der Waals surface area contributed by atoms with Gasteiger partial charge in [0, 0.05) is 24.5 Å². The summed E-state index contributed by atoms with van der Waals surface area (Å²) in [5.41, 5.74) is 2.24. The number of aromatic nitrogens is 2. The summed E-state index contributed by atoms with van der Waals surface area (Å²) >= 11 is 0. The van der Waals surface area contributed by atoms with Crippen LogP contribution in [0.4, 0.5) is 0 Å². The Labute approximate surface area is 119 Å². The molecule has 0 aliphatic carbocycles. The third kappa shape index (κ3) is 2.31. The van der Waals surface area contributed by atoms with Crippen molar-refractivity contribution >= 4 is 0 Å². The van der Waals surface area contributed by atoms with Crippen molar-refractivity contribution in [3.05, 3.63) is 52.7 Å². The second-order valence-corrected chi connectivity index (χ2v) is 5.70. The number of rotatable bonds is 3. The molecule has 20 heavy (non-hydrogen) atoms. The largest absolute Gasteiger partial charge is 0.332 e. The lowest BCUT2D eigenvalue weighted by molar-refractivity contribution is 0.574. The van der Waals surface area contributed by atoms with Gasteiger partial charge in [0.15, 0.2) is 0 Å². The van der Waals surface area contributed by atoms with Crippen molar-refractivity contribution in [1.82, 2.24) is 14.5 Å². The molecule has 1 saturated heterocycles. The third-order valence-electron chi connectivity index (χ3n) is 3.97. The number of hydrogen-bond donors (Lipinski definition) is 1. The lowest BCUT2D eigenvalue weighted by atomic mass is 10.0. The van der Waals surface area contributed by atoms with E-state index in [0.717, 1.165) is 12.2 Å².